The molecule has 0 spiro atoms. The summed E-state index contributed by atoms with van der Waals surface area (Å²) in [5, 5.41) is 0. The fourth-order valence-corrected chi connectivity index (χ4v) is 2.05. The van der Waals surface area contributed by atoms with E-state index < -0.39 is 0 Å². The molecular formula is C17H18N4O3. The van der Waals surface area contributed by atoms with Crippen LogP contribution in [0.15, 0.2) is 47.9 Å². The number of aldehydes is 1. The van der Waals surface area contributed by atoms with Gasteiger partial charge in [0.05, 0.1) is 30.3 Å². The van der Waals surface area contributed by atoms with Gasteiger partial charge in [0, 0.05) is 24.9 Å². The molecule has 7 nitrogen and oxygen atoms in total. The first kappa shape index (κ1) is 17.1. The van der Waals surface area contributed by atoms with E-state index in [2.05, 4.69) is 15.0 Å². The molecule has 0 radical (unpaired) electrons. The monoisotopic (exact) mass is 326 g/mol. The molecule has 2 N–H and O–H groups in total. The standard InChI is InChI=1S/C17H18N4O3/c1-19-14(5-6-18)17-12(4-3-7-20-17)11-24-15-9-21-16(23-2)8-13(15)10-22/h3-10H,11,18H2,1-2H3. The number of aliphatic imine (C=N–C) groups is 1. The van der Waals surface area contributed by atoms with E-state index in [9.17, 15) is 4.79 Å². The molecule has 0 amide bonds. The zero-order valence-corrected chi connectivity index (χ0v) is 13.5. The number of allylic oxidation sites excluding steroid dienone is 1. The lowest BCUT2D eigenvalue weighted by Crippen LogP contribution is -2.09. The second-order valence-corrected chi connectivity index (χ2v) is 4.65. The van der Waals surface area contributed by atoms with Crippen LogP contribution in [-0.2, 0) is 6.61 Å². The van der Waals surface area contributed by atoms with Crippen molar-refractivity contribution in [2.75, 3.05) is 14.2 Å². The van der Waals surface area contributed by atoms with Gasteiger partial charge in [-0.25, -0.2) is 4.98 Å². The third kappa shape index (κ3) is 3.95. The summed E-state index contributed by atoms with van der Waals surface area (Å²) >= 11 is 0. The molecule has 0 aliphatic heterocycles. The fraction of sp³-hybridized carbons (Fsp3) is 0.176. The Kier molecular flexibility index (Phi) is 6.01. The number of nitrogens with two attached hydrogens (primary N) is 1. The van der Waals surface area contributed by atoms with E-state index in [0.29, 0.717) is 34.9 Å². The molecule has 2 heterocycles. The second-order valence-electron chi connectivity index (χ2n) is 4.65. The molecule has 0 saturated heterocycles. The van der Waals surface area contributed by atoms with Crippen LogP contribution >= 0.6 is 0 Å². The smallest absolute Gasteiger partial charge is 0.213 e. The highest BCUT2D eigenvalue weighted by Crippen LogP contribution is 2.21. The number of hydrogen-bond donors (Lipinski definition) is 1. The van der Waals surface area contributed by atoms with Crippen LogP contribution in [0.4, 0.5) is 0 Å². The van der Waals surface area contributed by atoms with Crippen LogP contribution < -0.4 is 15.2 Å². The molecule has 2 aromatic rings. The predicted molar refractivity (Wildman–Crippen MR) is 90.5 cm³/mol. The zero-order chi connectivity index (χ0) is 17.4. The average Bonchev–Trinajstić information content (AvgIpc) is 2.64. The van der Waals surface area contributed by atoms with Gasteiger partial charge in [-0.1, -0.05) is 6.07 Å². The Morgan fingerprint density at radius 3 is 2.92 bits per heavy atom. The Morgan fingerprint density at radius 2 is 2.25 bits per heavy atom. The lowest BCUT2D eigenvalue weighted by molar-refractivity contribution is 0.111. The van der Waals surface area contributed by atoms with Gasteiger partial charge in [0.2, 0.25) is 5.88 Å². The Balaban J connectivity index is 2.26. The van der Waals surface area contributed by atoms with Gasteiger partial charge in [-0.05, 0) is 18.3 Å². The van der Waals surface area contributed by atoms with Gasteiger partial charge < -0.3 is 15.2 Å². The first-order valence-corrected chi connectivity index (χ1v) is 7.14. The molecule has 0 fully saturated rings. The Morgan fingerprint density at radius 1 is 1.42 bits per heavy atom. The van der Waals surface area contributed by atoms with Crippen LogP contribution in [0.1, 0.15) is 21.6 Å². The first-order chi connectivity index (χ1) is 11.7. The zero-order valence-electron chi connectivity index (χ0n) is 13.5. The van der Waals surface area contributed by atoms with E-state index in [1.54, 1.807) is 25.4 Å². The van der Waals surface area contributed by atoms with Gasteiger partial charge in [-0.15, -0.1) is 0 Å². The second kappa shape index (κ2) is 8.42. The van der Waals surface area contributed by atoms with Crippen molar-refractivity contribution < 1.29 is 14.3 Å². The van der Waals surface area contributed by atoms with E-state index >= 15 is 0 Å². The highest BCUT2D eigenvalue weighted by Gasteiger charge is 2.11. The number of aromatic nitrogens is 2. The van der Waals surface area contributed by atoms with E-state index in [0.717, 1.165) is 5.56 Å². The SMILES string of the molecule is CN=C(C=CN)c1ncccc1COc1cnc(OC)cc1C=O. The molecule has 2 rings (SSSR count). The van der Waals surface area contributed by atoms with E-state index in [4.69, 9.17) is 15.2 Å². The predicted octanol–water partition coefficient (Wildman–Crippen LogP) is 1.77. The number of carbonyl (C=O) groups excluding carboxylic acids is 1. The maximum absolute atomic E-state index is 11.2. The number of ether oxygens (including phenoxy) is 2. The van der Waals surface area contributed by atoms with Crippen LogP contribution in [0.3, 0.4) is 0 Å². The first-order valence-electron chi connectivity index (χ1n) is 7.14. The minimum absolute atomic E-state index is 0.204. The third-order valence-electron chi connectivity index (χ3n) is 3.22. The molecule has 0 aliphatic carbocycles. The molecule has 0 aliphatic rings. The summed E-state index contributed by atoms with van der Waals surface area (Å²) in [5.41, 5.74) is 7.91. The number of nitrogens with zero attached hydrogens (tertiary/aromatic N) is 3. The van der Waals surface area contributed by atoms with Crippen molar-refractivity contribution in [3.63, 3.8) is 0 Å². The molecule has 0 atom stereocenters. The molecule has 0 aromatic carbocycles. The summed E-state index contributed by atoms with van der Waals surface area (Å²) < 4.78 is 10.7. The maximum Gasteiger partial charge on any atom is 0.213 e. The lowest BCUT2D eigenvalue weighted by atomic mass is 10.1. The number of pyridine rings is 2. The van der Waals surface area contributed by atoms with Gasteiger partial charge in [0.25, 0.3) is 0 Å². The molecule has 24 heavy (non-hydrogen) atoms. The van der Waals surface area contributed by atoms with Crippen molar-refractivity contribution in [2.24, 2.45) is 10.7 Å². The normalized spacial score (nSPS) is 11.5. The van der Waals surface area contributed by atoms with Crippen LogP contribution in [0.5, 0.6) is 11.6 Å². The van der Waals surface area contributed by atoms with Crippen molar-refractivity contribution in [2.45, 2.75) is 6.61 Å². The van der Waals surface area contributed by atoms with Crippen molar-refractivity contribution in [1.29, 1.82) is 0 Å². The topological polar surface area (TPSA) is 99.7 Å². The number of methoxy groups -OCH3 is 1. The summed E-state index contributed by atoms with van der Waals surface area (Å²) in [4.78, 5) is 23.7. The quantitative estimate of drug-likeness (QED) is 0.615. The molecule has 0 unspecified atom stereocenters. The molecule has 0 saturated carbocycles. The van der Waals surface area contributed by atoms with Crippen LogP contribution in [-0.4, -0.2) is 36.1 Å². The number of rotatable bonds is 7. The minimum atomic E-state index is 0.204. The van der Waals surface area contributed by atoms with Gasteiger partial charge in [0.1, 0.15) is 12.4 Å². The van der Waals surface area contributed by atoms with E-state index in [1.165, 1.54) is 25.6 Å². The van der Waals surface area contributed by atoms with E-state index in [1.807, 2.05) is 6.07 Å². The molecule has 124 valence electrons. The average molecular weight is 326 g/mol. The molecule has 0 bridgehead atoms. The van der Waals surface area contributed by atoms with Gasteiger partial charge in [0.15, 0.2) is 6.29 Å². The summed E-state index contributed by atoms with van der Waals surface area (Å²) in [6.07, 6.45) is 6.88. The number of hydrogen-bond acceptors (Lipinski definition) is 7. The largest absolute Gasteiger partial charge is 0.486 e. The Bertz CT molecular complexity index is 772. The van der Waals surface area contributed by atoms with Gasteiger partial charge in [-0.3, -0.25) is 14.8 Å². The maximum atomic E-state index is 11.2. The van der Waals surface area contributed by atoms with Crippen molar-refractivity contribution in [3.05, 3.63) is 59.7 Å². The lowest BCUT2D eigenvalue weighted by Gasteiger charge is -2.11. The van der Waals surface area contributed by atoms with Crippen LogP contribution in [0, 0.1) is 0 Å². The summed E-state index contributed by atoms with van der Waals surface area (Å²) in [5.74, 6) is 0.713. The fourth-order valence-electron chi connectivity index (χ4n) is 2.05. The number of carbonyl (C=O) groups is 1. The summed E-state index contributed by atoms with van der Waals surface area (Å²) in [6.45, 7) is 0.204. The van der Waals surface area contributed by atoms with Crippen molar-refractivity contribution in [3.8, 4) is 11.6 Å². The molecule has 7 heteroatoms. The van der Waals surface area contributed by atoms with Crippen LogP contribution in [0.25, 0.3) is 0 Å². The summed E-state index contributed by atoms with van der Waals surface area (Å²) in [7, 11) is 3.14. The highest BCUT2D eigenvalue weighted by atomic mass is 16.5. The Labute approximate surface area is 139 Å². The summed E-state index contributed by atoms with van der Waals surface area (Å²) in [6, 6.07) is 5.19. The third-order valence-corrected chi connectivity index (χ3v) is 3.22. The van der Waals surface area contributed by atoms with Crippen LogP contribution in [0.2, 0.25) is 0 Å². The van der Waals surface area contributed by atoms with Crippen molar-refractivity contribution in [1.82, 2.24) is 9.97 Å². The molecule has 2 aromatic heterocycles. The van der Waals surface area contributed by atoms with Gasteiger partial charge in [-0.2, -0.15) is 0 Å². The van der Waals surface area contributed by atoms with Crippen molar-refractivity contribution >= 4 is 12.0 Å². The van der Waals surface area contributed by atoms with E-state index in [-0.39, 0.29) is 6.61 Å². The molecular weight excluding hydrogens is 308 g/mol. The highest BCUT2D eigenvalue weighted by molar-refractivity contribution is 6.08. The van der Waals surface area contributed by atoms with Gasteiger partial charge >= 0.3 is 0 Å². The Hall–Kier alpha value is -3.22. The minimum Gasteiger partial charge on any atom is -0.486 e.